The Bertz CT molecular complexity index is 833. The number of benzene rings is 1. The van der Waals surface area contributed by atoms with E-state index < -0.39 is 9.84 Å². The van der Waals surface area contributed by atoms with Crippen LogP contribution in [0.3, 0.4) is 0 Å². The van der Waals surface area contributed by atoms with E-state index >= 15 is 0 Å². The van der Waals surface area contributed by atoms with Crippen molar-refractivity contribution in [3.63, 3.8) is 0 Å². The summed E-state index contributed by atoms with van der Waals surface area (Å²) < 4.78 is 23.1. The zero-order valence-electron chi connectivity index (χ0n) is 14.3. The molecule has 0 spiro atoms. The van der Waals surface area contributed by atoms with Gasteiger partial charge in [0.15, 0.2) is 0 Å². The summed E-state index contributed by atoms with van der Waals surface area (Å²) in [7, 11) is -2.76. The maximum Gasteiger partial charge on any atom is 0.150 e. The molecule has 0 aliphatic carbocycles. The quantitative estimate of drug-likeness (QED) is 0.828. The Balaban J connectivity index is 1.33. The summed E-state index contributed by atoms with van der Waals surface area (Å²) in [5.41, 5.74) is 2.20. The van der Waals surface area contributed by atoms with Crippen molar-refractivity contribution in [2.75, 3.05) is 49.1 Å². The fourth-order valence-electron chi connectivity index (χ4n) is 3.84. The van der Waals surface area contributed by atoms with Crippen molar-refractivity contribution in [3.05, 3.63) is 30.7 Å². The number of rotatable bonds is 3. The molecule has 0 bridgehead atoms. The molecule has 2 aliphatic rings. The van der Waals surface area contributed by atoms with Crippen molar-refractivity contribution >= 4 is 26.4 Å². The first-order valence-corrected chi connectivity index (χ1v) is 10.8. The highest BCUT2D eigenvalue weighted by molar-refractivity contribution is 7.91. The minimum atomic E-state index is -2.76. The summed E-state index contributed by atoms with van der Waals surface area (Å²) in [6.45, 7) is 5.11. The molecule has 4 rings (SSSR count). The van der Waals surface area contributed by atoms with Crippen LogP contribution in [0.4, 0.5) is 5.69 Å². The predicted molar refractivity (Wildman–Crippen MR) is 99.6 cm³/mol. The van der Waals surface area contributed by atoms with E-state index in [4.69, 9.17) is 0 Å². The van der Waals surface area contributed by atoms with Crippen LogP contribution in [0.25, 0.3) is 10.9 Å². The van der Waals surface area contributed by atoms with Gasteiger partial charge in [0.05, 0.1) is 17.0 Å². The molecule has 3 heterocycles. The van der Waals surface area contributed by atoms with Crippen LogP contribution in [0.2, 0.25) is 0 Å². The van der Waals surface area contributed by atoms with Gasteiger partial charge in [0.1, 0.15) is 16.2 Å². The highest BCUT2D eigenvalue weighted by Gasteiger charge is 2.26. The second-order valence-corrected chi connectivity index (χ2v) is 9.45. The number of nitrogens with zero attached hydrogens (tertiary/aromatic N) is 4. The third-order valence-corrected chi connectivity index (χ3v) is 7.13. The van der Waals surface area contributed by atoms with Crippen LogP contribution < -0.4 is 4.90 Å². The third-order valence-electron chi connectivity index (χ3n) is 5.42. The van der Waals surface area contributed by atoms with Gasteiger partial charge in [-0.3, -0.25) is 4.90 Å². The van der Waals surface area contributed by atoms with Crippen LogP contribution in [0.5, 0.6) is 0 Å². The van der Waals surface area contributed by atoms with Crippen molar-refractivity contribution < 1.29 is 8.42 Å². The Labute approximate surface area is 148 Å². The average molecular weight is 360 g/mol. The number of piperazine rings is 1. The van der Waals surface area contributed by atoms with Crippen molar-refractivity contribution in [2.45, 2.75) is 12.8 Å². The van der Waals surface area contributed by atoms with Gasteiger partial charge in [-0.2, -0.15) is 0 Å². The van der Waals surface area contributed by atoms with Crippen molar-refractivity contribution in [3.8, 4) is 0 Å². The summed E-state index contributed by atoms with van der Waals surface area (Å²) >= 11 is 0. The molecule has 134 valence electrons. The van der Waals surface area contributed by atoms with E-state index in [1.807, 2.05) is 6.20 Å². The van der Waals surface area contributed by atoms with Gasteiger partial charge in [-0.05, 0) is 37.0 Å². The van der Waals surface area contributed by atoms with E-state index in [1.165, 1.54) is 5.69 Å². The van der Waals surface area contributed by atoms with Gasteiger partial charge in [0.25, 0.3) is 0 Å². The number of hydrogen-bond donors (Lipinski definition) is 0. The molecule has 2 saturated heterocycles. The predicted octanol–water partition coefficient (Wildman–Crippen LogP) is 1.58. The zero-order valence-corrected chi connectivity index (χ0v) is 15.2. The first-order chi connectivity index (χ1) is 12.1. The normalized spacial score (nSPS) is 22.3. The van der Waals surface area contributed by atoms with Crippen molar-refractivity contribution in [2.24, 2.45) is 5.92 Å². The lowest BCUT2D eigenvalue weighted by Crippen LogP contribution is -2.48. The minimum Gasteiger partial charge on any atom is -0.369 e. The van der Waals surface area contributed by atoms with Crippen LogP contribution in [0.1, 0.15) is 12.8 Å². The molecule has 7 heteroatoms. The van der Waals surface area contributed by atoms with E-state index in [9.17, 15) is 8.42 Å². The molecule has 2 fully saturated rings. The molecule has 1 aromatic heterocycles. The Hall–Kier alpha value is -1.73. The Kier molecular flexibility index (Phi) is 4.60. The molecule has 0 saturated carbocycles. The second-order valence-electron chi connectivity index (χ2n) is 7.15. The highest BCUT2D eigenvalue weighted by atomic mass is 32.2. The van der Waals surface area contributed by atoms with Crippen LogP contribution in [-0.2, 0) is 9.84 Å². The molecular weight excluding hydrogens is 336 g/mol. The number of sulfone groups is 1. The lowest BCUT2D eigenvalue weighted by Gasteiger charge is -2.38. The monoisotopic (exact) mass is 360 g/mol. The highest BCUT2D eigenvalue weighted by Crippen LogP contribution is 2.23. The molecule has 2 aliphatic heterocycles. The lowest BCUT2D eigenvalue weighted by atomic mass is 10.0. The summed E-state index contributed by atoms with van der Waals surface area (Å²) in [6, 6.07) is 6.36. The molecule has 6 nitrogen and oxygen atoms in total. The number of anilines is 1. The third kappa shape index (κ3) is 3.93. The van der Waals surface area contributed by atoms with Crippen LogP contribution in [-0.4, -0.2) is 67.5 Å². The summed E-state index contributed by atoms with van der Waals surface area (Å²) in [5.74, 6) is 1.28. The SMILES string of the molecule is O=S1(=O)CCC(CN2CCN(c3ccc4ncncc4c3)CC2)CC1. The van der Waals surface area contributed by atoms with Gasteiger partial charge in [-0.1, -0.05) is 0 Å². The molecule has 25 heavy (non-hydrogen) atoms. The smallest absolute Gasteiger partial charge is 0.150 e. The van der Waals surface area contributed by atoms with E-state index in [2.05, 4.69) is 38.0 Å². The van der Waals surface area contributed by atoms with Crippen LogP contribution >= 0.6 is 0 Å². The number of fused-ring (bicyclic) bond motifs is 1. The van der Waals surface area contributed by atoms with E-state index in [-0.39, 0.29) is 0 Å². The molecule has 0 radical (unpaired) electrons. The molecule has 0 amide bonds. The maximum atomic E-state index is 11.6. The molecule has 2 aromatic rings. The van der Waals surface area contributed by atoms with Gasteiger partial charge in [0.2, 0.25) is 0 Å². The first-order valence-electron chi connectivity index (χ1n) is 8.97. The van der Waals surface area contributed by atoms with Crippen LogP contribution in [0.15, 0.2) is 30.7 Å². The lowest BCUT2D eigenvalue weighted by molar-refractivity contribution is 0.211. The van der Waals surface area contributed by atoms with Crippen LogP contribution in [0, 0.1) is 5.92 Å². The summed E-state index contributed by atoms with van der Waals surface area (Å²) in [6.07, 6.45) is 5.09. The first kappa shape index (κ1) is 16.7. The summed E-state index contributed by atoms with van der Waals surface area (Å²) in [4.78, 5) is 13.3. The minimum absolute atomic E-state index is 0.372. The van der Waals surface area contributed by atoms with Gasteiger partial charge >= 0.3 is 0 Å². The van der Waals surface area contributed by atoms with Gasteiger partial charge in [-0.25, -0.2) is 18.4 Å². The van der Waals surface area contributed by atoms with E-state index in [0.29, 0.717) is 17.4 Å². The topological polar surface area (TPSA) is 66.4 Å². The second kappa shape index (κ2) is 6.88. The zero-order chi connectivity index (χ0) is 17.3. The van der Waals surface area contributed by atoms with Gasteiger partial charge in [-0.15, -0.1) is 0 Å². The maximum absolute atomic E-state index is 11.6. The van der Waals surface area contributed by atoms with Crippen molar-refractivity contribution in [1.82, 2.24) is 14.9 Å². The van der Waals surface area contributed by atoms with Gasteiger partial charge in [0, 0.05) is 50.0 Å². The fourth-order valence-corrected chi connectivity index (χ4v) is 5.43. The number of hydrogen-bond acceptors (Lipinski definition) is 6. The fraction of sp³-hybridized carbons (Fsp3) is 0.556. The standard InChI is InChI=1S/C18H24N4O2S/c23-25(24)9-3-15(4-10-25)13-21-5-7-22(8-6-21)17-1-2-18-16(11-17)12-19-14-20-18/h1-2,11-12,14-15H,3-10,13H2. The summed E-state index contributed by atoms with van der Waals surface area (Å²) in [5, 5.41) is 1.07. The Morgan fingerprint density at radius 3 is 2.60 bits per heavy atom. The average Bonchev–Trinajstić information content (AvgIpc) is 2.64. The molecule has 0 N–H and O–H groups in total. The van der Waals surface area contributed by atoms with E-state index in [1.54, 1.807) is 6.33 Å². The molecule has 0 atom stereocenters. The Morgan fingerprint density at radius 2 is 1.84 bits per heavy atom. The molecule has 0 unspecified atom stereocenters. The van der Waals surface area contributed by atoms with Gasteiger partial charge < -0.3 is 4.90 Å². The molecular formula is C18H24N4O2S. The number of aromatic nitrogens is 2. The molecule has 1 aromatic carbocycles. The Morgan fingerprint density at radius 1 is 1.08 bits per heavy atom. The van der Waals surface area contributed by atoms with Crippen molar-refractivity contribution in [1.29, 1.82) is 0 Å². The van der Waals surface area contributed by atoms with E-state index in [0.717, 1.165) is 56.5 Å². The largest absolute Gasteiger partial charge is 0.369 e.